The second-order valence-corrected chi connectivity index (χ2v) is 104. The van der Waals surface area contributed by atoms with Gasteiger partial charge in [-0.2, -0.15) is 11.2 Å². The highest BCUT2D eigenvalue weighted by atomic mass is 32.4. The Bertz CT molecular complexity index is 2160. The van der Waals surface area contributed by atoms with Crippen molar-refractivity contribution in [3.05, 3.63) is 0 Å². The minimum atomic E-state index is -1.26. The van der Waals surface area contributed by atoms with Crippen LogP contribution >= 0.6 is 11.2 Å². The van der Waals surface area contributed by atoms with Gasteiger partial charge in [0.05, 0.1) is 20.0 Å². The molecular formula is C75H192N20SSi11. The van der Waals surface area contributed by atoms with Gasteiger partial charge in [-0.05, 0) is 58.3 Å². The smallest absolute Gasteiger partial charge is 0.127 e. The summed E-state index contributed by atoms with van der Waals surface area (Å²) in [6.45, 7) is 128. The van der Waals surface area contributed by atoms with E-state index in [0.29, 0.717) is 5.04 Å². The van der Waals surface area contributed by atoms with Crippen LogP contribution in [-0.4, -0.2) is 400 Å². The third-order valence-electron chi connectivity index (χ3n) is 22.2. The van der Waals surface area contributed by atoms with Crippen LogP contribution in [0.2, 0.25) is 215 Å². The van der Waals surface area contributed by atoms with Crippen molar-refractivity contribution in [1.82, 2.24) is 97.6 Å². The Morgan fingerprint density at radius 1 is 0.290 bits per heavy atom. The Morgan fingerprint density at radius 3 is 0.832 bits per heavy atom. The molecular weight excluding hydrogens is 1520 g/mol. The highest BCUT2D eigenvalue weighted by Crippen LogP contribution is 2.38. The first-order chi connectivity index (χ1) is 48.7. The third kappa shape index (κ3) is 48.0. The average molecular weight is 1720 g/mol. The second kappa shape index (κ2) is 49.5. The summed E-state index contributed by atoms with van der Waals surface area (Å²) in [5.74, 6) is 1.33. The van der Waals surface area contributed by atoms with Gasteiger partial charge in [-0.25, -0.2) is 0 Å². The van der Waals surface area contributed by atoms with Crippen LogP contribution in [0.5, 0.6) is 0 Å². The van der Waals surface area contributed by atoms with Gasteiger partial charge in [-0.1, -0.05) is 230 Å². The molecule has 0 bridgehead atoms. The van der Waals surface area contributed by atoms with Gasteiger partial charge in [0.15, 0.2) is 0 Å². The lowest BCUT2D eigenvalue weighted by atomic mass is 10.2. The molecule has 0 unspecified atom stereocenters. The van der Waals surface area contributed by atoms with Crippen molar-refractivity contribution in [3.8, 4) is 0 Å². The van der Waals surface area contributed by atoms with E-state index in [9.17, 15) is 0 Å². The molecule has 7 aliphatic rings. The lowest BCUT2D eigenvalue weighted by Gasteiger charge is -2.47. The summed E-state index contributed by atoms with van der Waals surface area (Å²) < 4.78 is 19.4. The summed E-state index contributed by atoms with van der Waals surface area (Å²) in [5, 5.41) is 24.6. The van der Waals surface area contributed by atoms with Crippen LogP contribution < -0.4 is 37.2 Å². The summed E-state index contributed by atoms with van der Waals surface area (Å²) in [4.78, 5) is 15.2. The first-order valence-electron chi connectivity index (χ1n) is 42.9. The fourth-order valence-corrected chi connectivity index (χ4v) is 53.5. The maximum absolute atomic E-state index is 3.65. The van der Waals surface area contributed by atoms with Crippen LogP contribution in [-0.2, 0) is 0 Å². The van der Waals surface area contributed by atoms with Gasteiger partial charge in [-0.3, -0.25) is 25.3 Å². The maximum atomic E-state index is 3.65. The number of hydrogen-bond donors (Lipinski definition) is 7. The molecule has 0 aliphatic carbocycles. The molecule has 642 valence electrons. The van der Waals surface area contributed by atoms with Gasteiger partial charge in [0.1, 0.15) is 89.6 Å². The van der Waals surface area contributed by atoms with Crippen molar-refractivity contribution in [2.75, 3.05) is 250 Å². The van der Waals surface area contributed by atoms with Gasteiger partial charge in [0.2, 0.25) is 0 Å². The third-order valence-corrected chi connectivity index (χ3v) is 62.2. The van der Waals surface area contributed by atoms with Gasteiger partial charge >= 0.3 is 0 Å². The summed E-state index contributed by atoms with van der Waals surface area (Å²) in [6, 6.07) is 0. The highest BCUT2D eigenvalue weighted by molar-refractivity contribution is 8.28. The summed E-state index contributed by atoms with van der Waals surface area (Å²) >= 11 is 2.20. The van der Waals surface area contributed by atoms with E-state index in [-0.39, 0.29) is 0 Å². The Labute approximate surface area is 684 Å². The topological polar surface area (TPSA) is 126 Å². The van der Waals surface area contributed by atoms with Crippen molar-refractivity contribution < 1.29 is 0 Å². The molecule has 0 aromatic rings. The minimum absolute atomic E-state index is 0.490. The van der Waals surface area contributed by atoms with Crippen molar-refractivity contribution in [1.29, 1.82) is 0 Å². The van der Waals surface area contributed by atoms with E-state index in [1.807, 2.05) is 0 Å². The van der Waals surface area contributed by atoms with Crippen LogP contribution in [0.15, 0.2) is 0 Å². The number of piperazine rings is 5. The predicted octanol–water partition coefficient (Wildman–Crippen LogP) is 11.5. The Kier molecular flexibility index (Phi) is 49.5. The Hall–Kier alpha value is 1.94. The van der Waals surface area contributed by atoms with Crippen LogP contribution in [0, 0.1) is 0 Å². The predicted molar refractivity (Wildman–Crippen MR) is 516 cm³/mol. The van der Waals surface area contributed by atoms with E-state index in [0.717, 1.165) is 33.3 Å². The van der Waals surface area contributed by atoms with E-state index in [1.54, 1.807) is 0 Å². The normalized spacial score (nSPS) is 20.7. The molecule has 7 N–H and O–H groups in total. The number of nitrogens with zero attached hydrogens (tertiary/aromatic N) is 13. The second-order valence-electron chi connectivity index (χ2n) is 43.5. The summed E-state index contributed by atoms with van der Waals surface area (Å²) in [5.41, 5.74) is 0. The molecule has 32 heteroatoms. The van der Waals surface area contributed by atoms with E-state index in [1.165, 1.54) is 209 Å². The van der Waals surface area contributed by atoms with Crippen molar-refractivity contribution in [2.24, 2.45) is 0 Å². The average Bonchev–Trinajstić information content (AvgIpc) is 0.815. The molecule has 0 aromatic carbocycles. The standard InChI is InChI=1S/C19H51N5Si4.C12H31N3Si2.C10H24N2Si.C9H25N3Si2.C9H21N3.C9H22N2SSi.C7H18N2Si/c1-25(2,3)23(26(4,5)6)15-13-21-17-20-18-22(19-21)14-16-24(27(7,8)9)28(10,11)12;1-16(2,3)15(17(4,5)6)12-11-14-9-7-13-8-10-14;1-10(2,3)13(4,5)12-8-6-11-7-9-12;1-13(2,3)11-7-10-8-12(9-11)14(4,5)6;1-11(2)6-3-7-12-8-4-10-5-9-12;1-13(2,3)12-9-8-11-6-4-10-5-7-11;1-10(2,3)9-6-4-8-5-7-9/h20H,13-19H2,1-12H3;13H,7-12H2,1-6H3;11H,6-9H2,1-5H3;10H,7-9H2,1-6H3;10H,3-9H2,1-2H3;10H,4-9H2,1-3H3;8H,4-7H2,1-3H3. The summed E-state index contributed by atoms with van der Waals surface area (Å²) in [7, 11) is -8.36. The zero-order valence-electron chi connectivity index (χ0n) is 78.9. The molecule has 0 aromatic heterocycles. The molecule has 0 radical (unpaired) electrons. The molecule has 7 saturated heterocycles. The lowest BCUT2D eigenvalue weighted by molar-refractivity contribution is 0.0636. The SMILES string of the molecule is CC(C)(C)[Si](C)(C)N1CCNCC1.CN(C)CCCN1CCNCC1.C[Si](C)(C)N(CCN1CCNCC1)[Si](C)(C)C.C[Si](C)(C)N(CCN1CNCN(CCN([Si](C)(C)C)[Si](C)(C)C)C1)[Si](C)(C)C.C[Si](C)(C)N1CCNCC1.C[Si](C)(C)N1CNCN([Si](C)(C)C)C1.C[Si](C)(C)SCCN1CCNCC1. The maximum Gasteiger partial charge on any atom is 0.127 e. The fraction of sp³-hybridized carbons (Fsp3) is 1.00. The van der Waals surface area contributed by atoms with E-state index < -0.39 is 89.6 Å². The largest absolute Gasteiger partial charge is 0.345 e. The molecule has 0 amide bonds. The van der Waals surface area contributed by atoms with E-state index in [2.05, 4.69) is 353 Å². The van der Waals surface area contributed by atoms with Crippen molar-refractivity contribution in [2.45, 2.75) is 242 Å². The van der Waals surface area contributed by atoms with Crippen LogP contribution in [0.4, 0.5) is 0 Å². The fourth-order valence-electron chi connectivity index (χ4n) is 15.3. The van der Waals surface area contributed by atoms with Crippen LogP contribution in [0.3, 0.4) is 0 Å². The monoisotopic (exact) mass is 1710 g/mol. The number of nitrogens with one attached hydrogen (secondary N) is 7. The summed E-state index contributed by atoms with van der Waals surface area (Å²) in [6.07, 6.45) is 1.30. The van der Waals surface area contributed by atoms with E-state index >= 15 is 0 Å². The van der Waals surface area contributed by atoms with Crippen molar-refractivity contribution >= 4 is 101 Å². The molecule has 7 heterocycles. The zero-order valence-corrected chi connectivity index (χ0v) is 90.7. The molecule has 7 fully saturated rings. The molecule has 20 nitrogen and oxygen atoms in total. The molecule has 7 aliphatic heterocycles. The molecule has 7 rings (SSSR count). The van der Waals surface area contributed by atoms with Crippen LogP contribution in [0.1, 0.15) is 27.2 Å². The molecule has 0 spiro atoms. The number of hydrogen-bond acceptors (Lipinski definition) is 21. The van der Waals surface area contributed by atoms with Gasteiger partial charge < -0.3 is 72.2 Å². The molecule has 0 atom stereocenters. The van der Waals surface area contributed by atoms with E-state index in [4.69, 9.17) is 0 Å². The zero-order chi connectivity index (χ0) is 82.3. The molecule has 107 heavy (non-hydrogen) atoms. The van der Waals surface area contributed by atoms with Gasteiger partial charge in [-0.15, -0.1) is 0 Å². The molecule has 0 saturated carbocycles. The first kappa shape index (κ1) is 107. The van der Waals surface area contributed by atoms with Crippen molar-refractivity contribution in [3.63, 3.8) is 0 Å². The number of rotatable bonds is 27. The Morgan fingerprint density at radius 2 is 0.561 bits per heavy atom. The van der Waals surface area contributed by atoms with Crippen LogP contribution in [0.25, 0.3) is 0 Å². The highest BCUT2D eigenvalue weighted by Gasteiger charge is 2.42. The van der Waals surface area contributed by atoms with Gasteiger partial charge in [0, 0.05) is 183 Å². The Balaban J connectivity index is 0.000000642. The first-order valence-corrected chi connectivity index (χ1v) is 82.0. The quantitative estimate of drug-likeness (QED) is 0.0394. The van der Waals surface area contributed by atoms with Gasteiger partial charge in [0.25, 0.3) is 0 Å². The minimum Gasteiger partial charge on any atom is -0.345 e. The lowest BCUT2D eigenvalue weighted by Crippen LogP contribution is -2.65.